The van der Waals surface area contributed by atoms with Crippen molar-refractivity contribution in [3.05, 3.63) is 52.6 Å². The molecule has 4 aromatic rings. The molecule has 4 fully saturated rings. The molecule has 10 heteroatoms. The monoisotopic (exact) mass is 529 g/mol. The number of benzene rings is 2. The SMILES string of the molecule is NC(=O)C1CCCN(c2cc3[nH]c(=O)c(-c4nc5ccccc5[nH]4)c(N[C@H]4CN5CCC4CC5)c3cc2F)C1. The molecule has 0 spiro atoms. The van der Waals surface area contributed by atoms with Gasteiger partial charge in [0.1, 0.15) is 17.2 Å². The number of nitrogens with two attached hydrogens (primary N) is 1. The van der Waals surface area contributed by atoms with E-state index >= 15 is 4.39 Å². The third-order valence-corrected chi connectivity index (χ3v) is 8.86. The van der Waals surface area contributed by atoms with Crippen LogP contribution in [0.15, 0.2) is 41.2 Å². The van der Waals surface area contributed by atoms with E-state index in [4.69, 9.17) is 10.7 Å². The van der Waals surface area contributed by atoms with E-state index in [9.17, 15) is 9.59 Å². The normalized spacial score (nSPS) is 24.9. The Bertz CT molecular complexity index is 1610. The number of amides is 1. The number of carbonyl (C=O) groups excluding carboxylic acids is 1. The van der Waals surface area contributed by atoms with Crippen molar-refractivity contribution in [1.29, 1.82) is 0 Å². The number of H-pyrrole nitrogens is 2. The first kappa shape index (κ1) is 24.1. The zero-order valence-electron chi connectivity index (χ0n) is 21.7. The highest BCUT2D eigenvalue weighted by molar-refractivity contribution is 6.00. The zero-order chi connectivity index (χ0) is 26.7. The summed E-state index contributed by atoms with van der Waals surface area (Å²) >= 11 is 0. The van der Waals surface area contributed by atoms with Crippen LogP contribution in [0.1, 0.15) is 25.7 Å². The van der Waals surface area contributed by atoms with Gasteiger partial charge in [0, 0.05) is 31.1 Å². The predicted molar refractivity (Wildman–Crippen MR) is 150 cm³/mol. The molecular weight excluding hydrogens is 497 g/mol. The first-order chi connectivity index (χ1) is 18.9. The minimum Gasteiger partial charge on any atom is -0.379 e. The minimum atomic E-state index is -0.396. The number of nitrogens with one attached hydrogen (secondary N) is 3. The van der Waals surface area contributed by atoms with E-state index in [0.717, 1.165) is 49.9 Å². The number of aromatic nitrogens is 3. The number of fused-ring (bicyclic) bond motifs is 5. The van der Waals surface area contributed by atoms with Crippen LogP contribution in [0.4, 0.5) is 15.8 Å². The maximum absolute atomic E-state index is 15.8. The molecule has 202 valence electrons. The van der Waals surface area contributed by atoms with Crippen molar-refractivity contribution in [2.24, 2.45) is 17.6 Å². The molecule has 2 aromatic carbocycles. The van der Waals surface area contributed by atoms with Crippen molar-refractivity contribution >= 4 is 39.2 Å². The number of nitrogens with zero attached hydrogens (tertiary/aromatic N) is 3. The quantitative estimate of drug-likeness (QED) is 0.314. The smallest absolute Gasteiger partial charge is 0.261 e. The summed E-state index contributed by atoms with van der Waals surface area (Å²) in [5, 5.41) is 4.30. The number of halogens is 1. The topological polar surface area (TPSA) is 123 Å². The Morgan fingerprint density at radius 3 is 2.62 bits per heavy atom. The van der Waals surface area contributed by atoms with Gasteiger partial charge in [-0.25, -0.2) is 9.37 Å². The average molecular weight is 530 g/mol. The molecule has 2 aromatic heterocycles. The minimum absolute atomic E-state index is 0.154. The van der Waals surface area contributed by atoms with Crippen molar-refractivity contribution < 1.29 is 9.18 Å². The van der Waals surface area contributed by atoms with Gasteiger partial charge in [-0.05, 0) is 69.0 Å². The highest BCUT2D eigenvalue weighted by atomic mass is 19.1. The van der Waals surface area contributed by atoms with Crippen LogP contribution in [-0.2, 0) is 4.79 Å². The van der Waals surface area contributed by atoms with Crippen molar-refractivity contribution in [2.45, 2.75) is 31.7 Å². The Morgan fingerprint density at radius 2 is 1.87 bits per heavy atom. The van der Waals surface area contributed by atoms with E-state index in [1.165, 1.54) is 6.07 Å². The number of primary amides is 1. The lowest BCUT2D eigenvalue weighted by molar-refractivity contribution is -0.122. The Hall–Kier alpha value is -3.92. The fourth-order valence-electron chi connectivity index (χ4n) is 6.74. The Morgan fingerprint density at radius 1 is 1.05 bits per heavy atom. The van der Waals surface area contributed by atoms with E-state index < -0.39 is 5.82 Å². The van der Waals surface area contributed by atoms with Gasteiger partial charge in [-0.15, -0.1) is 0 Å². The standard InChI is InChI=1S/C29H32FN7O2/c30-19-12-18-22(13-24(19)37-9-3-4-17(14-37)27(31)38)35-29(39)25(28-33-20-5-1-2-6-21(20)34-28)26(18)32-23-15-36-10-7-16(23)8-11-36/h1-2,5-6,12-13,16-17,23H,3-4,7-11,14-15H2,(H2,31,38)(H,33,34)(H2,32,35,39)/t17?,23-/m0/s1. The molecule has 0 saturated carbocycles. The maximum atomic E-state index is 15.8. The van der Waals surface area contributed by atoms with Gasteiger partial charge in [-0.3, -0.25) is 9.59 Å². The van der Waals surface area contributed by atoms with E-state index in [0.29, 0.717) is 59.1 Å². The van der Waals surface area contributed by atoms with Gasteiger partial charge in [0.25, 0.3) is 5.56 Å². The molecule has 39 heavy (non-hydrogen) atoms. The van der Waals surface area contributed by atoms with E-state index in [1.54, 1.807) is 6.07 Å². The fourth-order valence-corrected chi connectivity index (χ4v) is 6.74. The van der Waals surface area contributed by atoms with Crippen LogP contribution in [0.2, 0.25) is 0 Å². The molecule has 0 radical (unpaired) electrons. The van der Waals surface area contributed by atoms with Crippen molar-refractivity contribution in [3.8, 4) is 11.4 Å². The van der Waals surface area contributed by atoms with Gasteiger partial charge >= 0.3 is 0 Å². The Labute approximate surface area is 224 Å². The van der Waals surface area contributed by atoms with Gasteiger partial charge in [0.05, 0.1) is 33.8 Å². The average Bonchev–Trinajstić information content (AvgIpc) is 3.37. The molecule has 8 rings (SSSR count). The maximum Gasteiger partial charge on any atom is 0.261 e. The van der Waals surface area contributed by atoms with Crippen LogP contribution in [0.25, 0.3) is 33.3 Å². The van der Waals surface area contributed by atoms with Gasteiger partial charge < -0.3 is 30.8 Å². The van der Waals surface area contributed by atoms with Gasteiger partial charge in [-0.2, -0.15) is 0 Å². The van der Waals surface area contributed by atoms with E-state index in [-0.39, 0.29) is 23.4 Å². The molecule has 4 aliphatic rings. The van der Waals surface area contributed by atoms with Crippen LogP contribution < -0.4 is 21.5 Å². The number of rotatable bonds is 5. The summed E-state index contributed by atoms with van der Waals surface area (Å²) in [6, 6.07) is 11.0. The van der Waals surface area contributed by atoms with Crippen LogP contribution in [0, 0.1) is 17.7 Å². The molecule has 4 saturated heterocycles. The summed E-state index contributed by atoms with van der Waals surface area (Å²) < 4.78 is 15.8. The first-order valence-corrected chi connectivity index (χ1v) is 13.8. The lowest BCUT2D eigenvalue weighted by Gasteiger charge is -2.45. The molecule has 6 heterocycles. The number of pyridine rings is 1. The second-order valence-corrected chi connectivity index (χ2v) is 11.2. The molecular formula is C29H32FN7O2. The molecule has 5 N–H and O–H groups in total. The fraction of sp³-hybridized carbons (Fsp3) is 0.414. The third-order valence-electron chi connectivity index (χ3n) is 8.86. The van der Waals surface area contributed by atoms with Crippen LogP contribution in [-0.4, -0.2) is 64.5 Å². The number of anilines is 2. The van der Waals surface area contributed by atoms with Gasteiger partial charge in [0.2, 0.25) is 5.91 Å². The summed E-state index contributed by atoms with van der Waals surface area (Å²) in [7, 11) is 0. The van der Waals surface area contributed by atoms with E-state index in [2.05, 4.69) is 20.2 Å². The largest absolute Gasteiger partial charge is 0.379 e. The molecule has 9 nitrogen and oxygen atoms in total. The summed E-state index contributed by atoms with van der Waals surface area (Å²) in [6.07, 6.45) is 3.66. The molecule has 2 atom stereocenters. The number of hydrogen-bond donors (Lipinski definition) is 4. The molecule has 0 aliphatic carbocycles. The van der Waals surface area contributed by atoms with Crippen molar-refractivity contribution in [1.82, 2.24) is 19.9 Å². The lowest BCUT2D eigenvalue weighted by Crippen LogP contribution is -2.53. The van der Waals surface area contributed by atoms with E-state index in [1.807, 2.05) is 29.2 Å². The highest BCUT2D eigenvalue weighted by Gasteiger charge is 2.35. The first-order valence-electron chi connectivity index (χ1n) is 13.8. The summed E-state index contributed by atoms with van der Waals surface area (Å²) in [5.74, 6) is -0.137. The summed E-state index contributed by atoms with van der Waals surface area (Å²) in [6.45, 7) is 4.06. The van der Waals surface area contributed by atoms with Gasteiger partial charge in [-0.1, -0.05) is 12.1 Å². The summed E-state index contributed by atoms with van der Waals surface area (Å²) in [4.78, 5) is 40.9. The van der Waals surface area contributed by atoms with Crippen LogP contribution in [0.3, 0.4) is 0 Å². The molecule has 1 unspecified atom stereocenters. The number of imidazole rings is 1. The summed E-state index contributed by atoms with van der Waals surface area (Å²) in [5.41, 5.74) is 8.76. The van der Waals surface area contributed by atoms with Crippen molar-refractivity contribution in [2.75, 3.05) is 42.9 Å². The number of piperidine rings is 4. The lowest BCUT2D eigenvalue weighted by atomic mass is 9.83. The Balaban J connectivity index is 1.37. The second-order valence-electron chi connectivity index (χ2n) is 11.2. The van der Waals surface area contributed by atoms with Gasteiger partial charge in [0.15, 0.2) is 0 Å². The zero-order valence-corrected chi connectivity index (χ0v) is 21.7. The number of aromatic amines is 2. The predicted octanol–water partition coefficient (Wildman–Crippen LogP) is 3.42. The number of carbonyl (C=O) groups is 1. The van der Waals surface area contributed by atoms with Crippen LogP contribution >= 0.6 is 0 Å². The number of hydrogen-bond acceptors (Lipinski definition) is 6. The van der Waals surface area contributed by atoms with Crippen molar-refractivity contribution in [3.63, 3.8) is 0 Å². The second kappa shape index (κ2) is 9.37. The molecule has 4 aliphatic heterocycles. The Kier molecular flexibility index (Phi) is 5.80. The molecule has 1 amide bonds. The third kappa shape index (κ3) is 4.23. The highest BCUT2D eigenvalue weighted by Crippen LogP contribution is 2.38. The van der Waals surface area contributed by atoms with Crippen LogP contribution in [0.5, 0.6) is 0 Å². The molecule has 2 bridgehead atoms. The number of para-hydroxylation sites is 2.